The molecule has 0 radical (unpaired) electrons. The van der Waals surface area contributed by atoms with E-state index in [2.05, 4.69) is 0 Å². The monoisotopic (exact) mass is 403 g/mol. The molecule has 0 aliphatic heterocycles. The highest BCUT2D eigenvalue weighted by Gasteiger charge is 2.44. The SMILES string of the molecule is CCOP(=O)(OCC)C(/C(C)=[N+](/[O-])O[Si](C)(C)C)c1ccc(OC)cc1. The molecule has 0 N–H and O–H groups in total. The van der Waals surface area contributed by atoms with E-state index in [1.807, 2.05) is 19.6 Å². The van der Waals surface area contributed by atoms with E-state index in [1.165, 1.54) is 0 Å². The lowest BCUT2D eigenvalue weighted by atomic mass is 10.1. The van der Waals surface area contributed by atoms with Crippen LogP contribution in [0.15, 0.2) is 24.3 Å². The molecule has 0 fully saturated rings. The Morgan fingerprint density at radius 2 is 1.65 bits per heavy atom. The van der Waals surface area contributed by atoms with Crippen molar-refractivity contribution in [2.45, 2.75) is 46.1 Å². The summed E-state index contributed by atoms with van der Waals surface area (Å²) in [4.78, 5) is 0.464. The maximum Gasteiger partial charge on any atom is 0.348 e. The van der Waals surface area contributed by atoms with Gasteiger partial charge in [-0.2, -0.15) is 0 Å². The molecule has 0 aliphatic rings. The topological polar surface area (TPSA) is 80.1 Å². The highest BCUT2D eigenvalue weighted by molar-refractivity contribution is 7.55. The lowest BCUT2D eigenvalue weighted by Gasteiger charge is -2.27. The number of hydrogen-bond acceptors (Lipinski definition) is 6. The van der Waals surface area contributed by atoms with Crippen molar-refractivity contribution in [3.05, 3.63) is 35.0 Å². The molecule has 0 heterocycles. The lowest BCUT2D eigenvalue weighted by molar-refractivity contribution is -0.705. The number of ether oxygens (including phenoxy) is 1. The van der Waals surface area contributed by atoms with Crippen LogP contribution in [0.25, 0.3) is 0 Å². The van der Waals surface area contributed by atoms with E-state index in [1.54, 1.807) is 52.1 Å². The van der Waals surface area contributed by atoms with Crippen LogP contribution >= 0.6 is 7.60 Å². The highest BCUT2D eigenvalue weighted by Crippen LogP contribution is 2.61. The molecule has 1 aromatic carbocycles. The molecular weight excluding hydrogens is 373 g/mol. The van der Waals surface area contributed by atoms with E-state index in [0.717, 1.165) is 0 Å². The van der Waals surface area contributed by atoms with E-state index >= 15 is 0 Å². The summed E-state index contributed by atoms with van der Waals surface area (Å²) in [5, 5.41) is 12.6. The maximum atomic E-state index is 13.5. The van der Waals surface area contributed by atoms with Crippen LogP contribution in [0.1, 0.15) is 32.0 Å². The molecule has 0 aromatic heterocycles. The zero-order valence-electron chi connectivity index (χ0n) is 16.6. The quantitative estimate of drug-likeness (QED) is 0.185. The Labute approximate surface area is 157 Å². The smallest absolute Gasteiger partial charge is 0.348 e. The molecule has 0 aliphatic carbocycles. The number of methoxy groups -OCH3 is 1. The van der Waals surface area contributed by atoms with Crippen LogP contribution in [-0.4, -0.2) is 39.3 Å². The summed E-state index contributed by atoms with van der Waals surface area (Å²) in [5.74, 6) is 0.658. The summed E-state index contributed by atoms with van der Waals surface area (Å²) < 4.78 is 35.2. The Kier molecular flexibility index (Phi) is 8.34. The van der Waals surface area contributed by atoms with Crippen molar-refractivity contribution in [2.24, 2.45) is 0 Å². The van der Waals surface area contributed by atoms with E-state index < -0.39 is 21.6 Å². The van der Waals surface area contributed by atoms with Crippen molar-refractivity contribution < 1.29 is 27.8 Å². The standard InChI is InChI=1S/C17H30NO6PSi/c1-8-22-25(20,23-9-2)17(14(3)18(19)24-26(5,6)7)15-10-12-16(21-4)13-11-15/h10-13,17H,8-9H2,1-7H3/b18-14-. The molecule has 0 spiro atoms. The van der Waals surface area contributed by atoms with Gasteiger partial charge in [0, 0.05) is 11.8 Å². The normalized spacial score (nSPS) is 14.6. The molecule has 0 amide bonds. The van der Waals surface area contributed by atoms with Gasteiger partial charge in [0.05, 0.1) is 20.3 Å². The van der Waals surface area contributed by atoms with Crippen molar-refractivity contribution in [1.82, 2.24) is 0 Å². The van der Waals surface area contributed by atoms with Gasteiger partial charge in [0.15, 0.2) is 14.0 Å². The summed E-state index contributed by atoms with van der Waals surface area (Å²) in [7, 11) is -4.21. The van der Waals surface area contributed by atoms with Gasteiger partial charge >= 0.3 is 7.60 Å². The lowest BCUT2D eigenvalue weighted by Crippen LogP contribution is -2.33. The van der Waals surface area contributed by atoms with E-state index in [-0.39, 0.29) is 18.9 Å². The molecular formula is C17H30NO6PSi. The Morgan fingerprint density at radius 1 is 1.15 bits per heavy atom. The summed E-state index contributed by atoms with van der Waals surface area (Å²) in [5.41, 5.74) is -0.0152. The zero-order valence-corrected chi connectivity index (χ0v) is 18.5. The van der Waals surface area contributed by atoms with Crippen LogP contribution < -0.4 is 4.74 Å². The molecule has 1 unspecified atom stereocenters. The van der Waals surface area contributed by atoms with Gasteiger partial charge in [0.2, 0.25) is 5.71 Å². The molecule has 1 atom stereocenters. The van der Waals surface area contributed by atoms with Crippen LogP contribution in [0.4, 0.5) is 0 Å². The van der Waals surface area contributed by atoms with Crippen LogP contribution in [0.2, 0.25) is 19.6 Å². The van der Waals surface area contributed by atoms with Crippen molar-refractivity contribution in [3.63, 3.8) is 0 Å². The van der Waals surface area contributed by atoms with Crippen LogP contribution in [0.5, 0.6) is 5.75 Å². The third-order valence-corrected chi connectivity index (χ3v) is 6.66. The Morgan fingerprint density at radius 3 is 2.04 bits per heavy atom. The second kappa shape index (κ2) is 9.55. The van der Waals surface area contributed by atoms with Crippen molar-refractivity contribution in [2.75, 3.05) is 20.3 Å². The van der Waals surface area contributed by atoms with Crippen LogP contribution in [-0.2, 0) is 18.1 Å². The Balaban J connectivity index is 3.49. The summed E-state index contributed by atoms with van der Waals surface area (Å²) >= 11 is 0. The maximum absolute atomic E-state index is 13.5. The highest BCUT2D eigenvalue weighted by atomic mass is 31.2. The van der Waals surface area contributed by atoms with E-state index in [0.29, 0.717) is 16.2 Å². The number of nitrogens with zero attached hydrogens (tertiary/aromatic N) is 1. The fourth-order valence-corrected chi connectivity index (χ4v) is 5.23. The van der Waals surface area contributed by atoms with Crippen LogP contribution in [0, 0.1) is 5.21 Å². The number of rotatable bonds is 10. The molecule has 0 saturated carbocycles. The minimum Gasteiger partial charge on any atom is -0.497 e. The third-order valence-electron chi connectivity index (χ3n) is 3.41. The average Bonchev–Trinajstić information content (AvgIpc) is 2.54. The molecule has 26 heavy (non-hydrogen) atoms. The molecule has 7 nitrogen and oxygen atoms in total. The van der Waals surface area contributed by atoms with Gasteiger partial charge in [-0.05, 0) is 31.5 Å². The fourth-order valence-electron chi connectivity index (χ4n) is 2.41. The Bertz CT molecular complexity index is 646. The summed E-state index contributed by atoms with van der Waals surface area (Å²) in [6.07, 6.45) is 0. The molecule has 1 rings (SSSR count). The summed E-state index contributed by atoms with van der Waals surface area (Å²) in [6.45, 7) is 11.2. The molecule has 0 bridgehead atoms. The van der Waals surface area contributed by atoms with Gasteiger partial charge in [-0.1, -0.05) is 31.8 Å². The van der Waals surface area contributed by atoms with Crippen molar-refractivity contribution >= 4 is 21.6 Å². The first-order valence-electron chi connectivity index (χ1n) is 8.60. The van der Waals surface area contributed by atoms with Gasteiger partial charge in [-0.15, -0.1) is 0 Å². The van der Waals surface area contributed by atoms with Gasteiger partial charge in [-0.3, -0.25) is 9.77 Å². The van der Waals surface area contributed by atoms with Crippen LogP contribution in [0.3, 0.4) is 0 Å². The van der Waals surface area contributed by atoms with E-state index in [4.69, 9.17) is 18.3 Å². The molecule has 1 aromatic rings. The molecule has 148 valence electrons. The molecule has 9 heteroatoms. The zero-order chi connectivity index (χ0) is 20.0. The Hall–Kier alpha value is -1.34. The predicted octanol–water partition coefficient (Wildman–Crippen LogP) is 4.74. The fraction of sp³-hybridized carbons (Fsp3) is 0.588. The molecule has 0 saturated heterocycles. The number of hydrogen-bond donors (Lipinski definition) is 0. The third kappa shape index (κ3) is 6.12. The van der Waals surface area contributed by atoms with Gasteiger partial charge in [0.1, 0.15) is 5.75 Å². The average molecular weight is 403 g/mol. The van der Waals surface area contributed by atoms with Gasteiger partial charge in [0.25, 0.3) is 0 Å². The second-order valence-electron chi connectivity index (χ2n) is 6.65. The minimum absolute atomic E-state index is 0.199. The van der Waals surface area contributed by atoms with Crippen molar-refractivity contribution in [3.8, 4) is 5.75 Å². The van der Waals surface area contributed by atoms with Gasteiger partial charge < -0.3 is 18.3 Å². The predicted molar refractivity (Wildman–Crippen MR) is 105 cm³/mol. The first-order chi connectivity index (χ1) is 12.1. The van der Waals surface area contributed by atoms with Crippen molar-refractivity contribution in [1.29, 1.82) is 0 Å². The largest absolute Gasteiger partial charge is 0.497 e. The minimum atomic E-state index is -3.63. The second-order valence-corrected chi connectivity index (χ2v) is 13.2. The first-order valence-corrected chi connectivity index (χ1v) is 13.6. The number of benzene rings is 1. The summed E-state index contributed by atoms with van der Waals surface area (Å²) in [6, 6.07) is 6.98. The first kappa shape index (κ1) is 22.7. The van der Waals surface area contributed by atoms with E-state index in [9.17, 15) is 9.77 Å². The van der Waals surface area contributed by atoms with Gasteiger partial charge in [-0.25, -0.2) is 0 Å².